The van der Waals surface area contributed by atoms with Crippen LogP contribution in [-0.4, -0.2) is 10.9 Å². The Bertz CT molecular complexity index is 1230. The predicted molar refractivity (Wildman–Crippen MR) is 124 cm³/mol. The van der Waals surface area contributed by atoms with Crippen molar-refractivity contribution in [1.29, 1.82) is 0 Å². The molecular formula is C26H22FN3O2. The summed E-state index contributed by atoms with van der Waals surface area (Å²) in [5.74, 6) is 0.371. The second-order valence-corrected chi connectivity index (χ2v) is 7.24. The highest BCUT2D eigenvalue weighted by Gasteiger charge is 2.14. The van der Waals surface area contributed by atoms with Gasteiger partial charge in [-0.15, -0.1) is 0 Å². The highest BCUT2D eigenvalue weighted by atomic mass is 19.1. The van der Waals surface area contributed by atoms with Crippen LogP contribution in [0.25, 0.3) is 0 Å². The molecule has 6 heteroatoms. The maximum atomic E-state index is 13.5. The molecule has 0 fully saturated rings. The molecule has 4 aromatic rings. The van der Waals surface area contributed by atoms with Crippen LogP contribution in [0.15, 0.2) is 91.1 Å². The number of rotatable bonds is 7. The fourth-order valence-electron chi connectivity index (χ4n) is 3.19. The maximum absolute atomic E-state index is 13.5. The van der Waals surface area contributed by atoms with Crippen LogP contribution in [0.1, 0.15) is 21.5 Å². The number of ether oxygens (including phenoxy) is 1. The Morgan fingerprint density at radius 2 is 1.81 bits per heavy atom. The molecule has 4 rings (SSSR count). The van der Waals surface area contributed by atoms with Gasteiger partial charge in [0.15, 0.2) is 0 Å². The number of pyridine rings is 1. The predicted octanol–water partition coefficient (Wildman–Crippen LogP) is 6.10. The molecule has 32 heavy (non-hydrogen) atoms. The fourth-order valence-corrected chi connectivity index (χ4v) is 3.19. The number of aryl methyl sites for hydroxylation is 1. The van der Waals surface area contributed by atoms with Gasteiger partial charge in [-0.05, 0) is 66.6 Å². The van der Waals surface area contributed by atoms with Gasteiger partial charge in [-0.25, -0.2) is 9.37 Å². The Labute approximate surface area is 185 Å². The Morgan fingerprint density at radius 1 is 0.969 bits per heavy atom. The molecule has 2 N–H and O–H groups in total. The molecule has 0 atom stereocenters. The van der Waals surface area contributed by atoms with Crippen molar-refractivity contribution >= 4 is 23.1 Å². The smallest absolute Gasteiger partial charge is 0.259 e. The van der Waals surface area contributed by atoms with E-state index in [4.69, 9.17) is 4.74 Å². The second kappa shape index (κ2) is 9.75. The first-order chi connectivity index (χ1) is 15.6. The molecule has 5 nitrogen and oxygen atoms in total. The molecular weight excluding hydrogens is 405 g/mol. The Balaban J connectivity index is 1.46. The van der Waals surface area contributed by atoms with E-state index in [9.17, 15) is 9.18 Å². The number of aromatic nitrogens is 1. The van der Waals surface area contributed by atoms with Crippen molar-refractivity contribution in [3.05, 3.63) is 114 Å². The third kappa shape index (κ3) is 5.29. The lowest BCUT2D eigenvalue weighted by molar-refractivity contribution is 0.102. The number of carbonyl (C=O) groups is 1. The van der Waals surface area contributed by atoms with Gasteiger partial charge in [0, 0.05) is 17.6 Å². The number of amides is 1. The van der Waals surface area contributed by atoms with Crippen LogP contribution < -0.4 is 15.4 Å². The van der Waals surface area contributed by atoms with E-state index in [0.29, 0.717) is 29.4 Å². The molecule has 3 aromatic carbocycles. The molecule has 0 unspecified atom stereocenters. The van der Waals surface area contributed by atoms with Crippen molar-refractivity contribution in [3.63, 3.8) is 0 Å². The minimum absolute atomic E-state index is 0.321. The van der Waals surface area contributed by atoms with Gasteiger partial charge in [-0.2, -0.15) is 0 Å². The number of anilines is 3. The Hall–Kier alpha value is -4.19. The van der Waals surface area contributed by atoms with Gasteiger partial charge in [-0.3, -0.25) is 4.79 Å². The minimum atomic E-state index is -0.373. The summed E-state index contributed by atoms with van der Waals surface area (Å²) in [6.45, 7) is 2.37. The van der Waals surface area contributed by atoms with Crippen LogP contribution in [0.2, 0.25) is 0 Å². The first kappa shape index (κ1) is 21.1. The van der Waals surface area contributed by atoms with Gasteiger partial charge in [0.05, 0.1) is 5.56 Å². The molecule has 0 aliphatic rings. The third-order valence-corrected chi connectivity index (χ3v) is 4.83. The lowest BCUT2D eigenvalue weighted by Gasteiger charge is -2.14. The molecule has 0 saturated carbocycles. The minimum Gasteiger partial charge on any atom is -0.489 e. The van der Waals surface area contributed by atoms with E-state index in [1.165, 1.54) is 12.1 Å². The number of benzene rings is 3. The highest BCUT2D eigenvalue weighted by molar-refractivity contribution is 6.08. The first-order valence-electron chi connectivity index (χ1n) is 10.1. The topological polar surface area (TPSA) is 63.2 Å². The summed E-state index contributed by atoms with van der Waals surface area (Å²) >= 11 is 0. The quantitative estimate of drug-likeness (QED) is 0.374. The zero-order valence-electron chi connectivity index (χ0n) is 17.5. The summed E-state index contributed by atoms with van der Waals surface area (Å²) in [5.41, 5.74) is 3.47. The average molecular weight is 427 g/mol. The summed E-state index contributed by atoms with van der Waals surface area (Å²) in [5, 5.41) is 5.92. The largest absolute Gasteiger partial charge is 0.489 e. The van der Waals surface area contributed by atoms with Crippen molar-refractivity contribution in [1.82, 2.24) is 4.98 Å². The van der Waals surface area contributed by atoms with E-state index in [-0.39, 0.29) is 11.7 Å². The number of nitrogens with zero attached hydrogens (tertiary/aromatic N) is 1. The molecule has 160 valence electrons. The van der Waals surface area contributed by atoms with Crippen LogP contribution in [0.5, 0.6) is 5.75 Å². The van der Waals surface area contributed by atoms with E-state index < -0.39 is 0 Å². The number of hydrogen-bond acceptors (Lipinski definition) is 4. The number of nitrogens with one attached hydrogen (secondary N) is 2. The van der Waals surface area contributed by atoms with Crippen molar-refractivity contribution < 1.29 is 13.9 Å². The van der Waals surface area contributed by atoms with Gasteiger partial charge in [-0.1, -0.05) is 36.4 Å². The van der Waals surface area contributed by atoms with E-state index in [0.717, 1.165) is 16.9 Å². The Kier molecular flexibility index (Phi) is 6.41. The van der Waals surface area contributed by atoms with Crippen molar-refractivity contribution in [2.24, 2.45) is 0 Å². The van der Waals surface area contributed by atoms with Crippen molar-refractivity contribution in [3.8, 4) is 5.75 Å². The van der Waals surface area contributed by atoms with Gasteiger partial charge < -0.3 is 15.4 Å². The van der Waals surface area contributed by atoms with Crippen LogP contribution in [0.4, 0.5) is 21.6 Å². The van der Waals surface area contributed by atoms with Crippen molar-refractivity contribution in [2.75, 3.05) is 10.6 Å². The number of carbonyl (C=O) groups excluding carboxylic acids is 1. The number of halogens is 1. The third-order valence-electron chi connectivity index (χ3n) is 4.83. The molecule has 0 radical (unpaired) electrons. The Morgan fingerprint density at radius 3 is 2.59 bits per heavy atom. The summed E-state index contributed by atoms with van der Waals surface area (Å²) < 4.78 is 19.3. The van der Waals surface area contributed by atoms with Crippen LogP contribution >= 0.6 is 0 Å². The summed E-state index contributed by atoms with van der Waals surface area (Å²) in [6.07, 6.45) is 1.57. The van der Waals surface area contributed by atoms with Gasteiger partial charge in [0.25, 0.3) is 5.91 Å². The lowest BCUT2D eigenvalue weighted by atomic mass is 10.1. The van der Waals surface area contributed by atoms with Crippen molar-refractivity contribution in [2.45, 2.75) is 13.5 Å². The number of hydrogen-bond donors (Lipinski definition) is 2. The zero-order valence-corrected chi connectivity index (χ0v) is 17.5. The molecule has 0 aliphatic carbocycles. The van der Waals surface area contributed by atoms with Crippen LogP contribution in [0, 0.1) is 12.7 Å². The maximum Gasteiger partial charge on any atom is 0.259 e. The first-order valence-corrected chi connectivity index (χ1v) is 10.1. The van der Waals surface area contributed by atoms with E-state index in [1.807, 2.05) is 55.5 Å². The molecule has 1 heterocycles. The highest BCUT2D eigenvalue weighted by Crippen LogP contribution is 2.25. The summed E-state index contributed by atoms with van der Waals surface area (Å²) in [6, 6.07) is 24.8. The summed E-state index contributed by atoms with van der Waals surface area (Å²) in [7, 11) is 0. The zero-order chi connectivity index (χ0) is 22.3. The van der Waals surface area contributed by atoms with Gasteiger partial charge in [0.1, 0.15) is 24.0 Å². The normalized spacial score (nSPS) is 10.4. The standard InChI is InChI=1S/C26H22FN3O2/c1-18-15-22(32-17-19-7-3-2-4-8-19)12-13-24(18)30-26(31)23-11-6-14-28-25(23)29-21-10-5-9-20(27)16-21/h2-16H,17H2,1H3,(H,28,29)(H,30,31). The van der Waals surface area contributed by atoms with Crippen LogP contribution in [-0.2, 0) is 6.61 Å². The average Bonchev–Trinajstić information content (AvgIpc) is 2.80. The van der Waals surface area contributed by atoms with Crippen LogP contribution in [0.3, 0.4) is 0 Å². The van der Waals surface area contributed by atoms with E-state index in [1.54, 1.807) is 30.5 Å². The summed E-state index contributed by atoms with van der Waals surface area (Å²) in [4.78, 5) is 17.2. The fraction of sp³-hybridized carbons (Fsp3) is 0.0769. The lowest BCUT2D eigenvalue weighted by Crippen LogP contribution is -2.15. The molecule has 0 spiro atoms. The van der Waals surface area contributed by atoms with Gasteiger partial charge >= 0.3 is 0 Å². The SMILES string of the molecule is Cc1cc(OCc2ccccc2)ccc1NC(=O)c1cccnc1Nc1cccc(F)c1. The second-order valence-electron chi connectivity index (χ2n) is 7.24. The molecule has 0 saturated heterocycles. The molecule has 0 aliphatic heterocycles. The monoisotopic (exact) mass is 427 g/mol. The molecule has 1 aromatic heterocycles. The van der Waals surface area contributed by atoms with E-state index >= 15 is 0 Å². The van der Waals surface area contributed by atoms with Gasteiger partial charge in [0.2, 0.25) is 0 Å². The molecule has 0 bridgehead atoms. The van der Waals surface area contributed by atoms with E-state index in [2.05, 4.69) is 15.6 Å². The molecule has 1 amide bonds.